The molecule has 2 aromatic rings. The predicted molar refractivity (Wildman–Crippen MR) is 287 cm³/mol. The summed E-state index contributed by atoms with van der Waals surface area (Å²) in [6, 6.07) is 3.81. The van der Waals surface area contributed by atoms with Crippen molar-refractivity contribution in [2.75, 3.05) is 18.6 Å². The number of thioether (sulfide) groups is 1. The van der Waals surface area contributed by atoms with Gasteiger partial charge in [0.25, 0.3) is 0 Å². The van der Waals surface area contributed by atoms with Crippen LogP contribution in [0.5, 0.6) is 0 Å². The topological polar surface area (TPSA) is 400 Å². The van der Waals surface area contributed by atoms with Gasteiger partial charge in [-0.15, -0.1) is 0 Å². The van der Waals surface area contributed by atoms with Gasteiger partial charge in [-0.25, -0.2) is 4.79 Å². The lowest BCUT2D eigenvalue weighted by Gasteiger charge is -2.30. The van der Waals surface area contributed by atoms with Crippen LogP contribution in [0.1, 0.15) is 91.2 Å². The van der Waals surface area contributed by atoms with Crippen molar-refractivity contribution >= 4 is 71.0 Å². The number of hydrogen-bond donors (Lipinski definition) is 14. The van der Waals surface area contributed by atoms with E-state index in [9.17, 15) is 68.4 Å². The highest BCUT2D eigenvalue weighted by Gasteiger charge is 2.38. The first kappa shape index (κ1) is 66.4. The predicted octanol–water partition coefficient (Wildman–Crippen LogP) is -1.42. The average Bonchev–Trinajstić information content (AvgIpc) is 3.36. The van der Waals surface area contributed by atoms with E-state index in [-0.39, 0.29) is 44.6 Å². The van der Waals surface area contributed by atoms with Gasteiger partial charge >= 0.3 is 11.9 Å². The van der Waals surface area contributed by atoms with E-state index in [1.807, 2.05) is 13.8 Å². The molecule has 0 aliphatic heterocycles. The van der Waals surface area contributed by atoms with Crippen molar-refractivity contribution in [3.63, 3.8) is 0 Å². The average molecular weight is 1100 g/mol. The van der Waals surface area contributed by atoms with Crippen LogP contribution in [-0.4, -0.2) is 165 Å². The molecule has 25 heteroatoms. The summed E-state index contributed by atoms with van der Waals surface area (Å²) in [5.41, 5.74) is 13.1. The molecule has 2 rings (SSSR count). The molecular formula is C52H80N10O14S. The van der Waals surface area contributed by atoms with Gasteiger partial charge in [0.2, 0.25) is 47.3 Å². The molecular weight excluding hydrogens is 1020 g/mol. The van der Waals surface area contributed by atoms with Crippen molar-refractivity contribution in [3.05, 3.63) is 71.8 Å². The minimum atomic E-state index is -1.88. The van der Waals surface area contributed by atoms with Crippen molar-refractivity contribution in [3.8, 4) is 0 Å². The number of hydrogen-bond acceptors (Lipinski definition) is 15. The van der Waals surface area contributed by atoms with Crippen molar-refractivity contribution < 1.29 is 68.4 Å². The Morgan fingerprint density at radius 3 is 1.34 bits per heavy atom. The summed E-state index contributed by atoms with van der Waals surface area (Å²) in [6.07, 6.45) is -1.96. The monoisotopic (exact) mass is 1100 g/mol. The van der Waals surface area contributed by atoms with E-state index in [0.29, 0.717) is 29.7 Å². The van der Waals surface area contributed by atoms with Crippen LogP contribution in [0.3, 0.4) is 0 Å². The van der Waals surface area contributed by atoms with Crippen LogP contribution < -0.4 is 54.0 Å². The first-order valence-electron chi connectivity index (χ1n) is 25.6. The standard InChI is InChI=1S/C52H80N10O14S/c1-28(2)24-34(54)44(67)57-37(25-32-16-10-8-11-17-32)46(69)58-38(26-33-18-12-9-13-19-33)47(70)59-39(27-40(65)66)48(71)55-35(20-14-15-22-53)45(68)61-42(30(5)63)51(74)62-43(31(6)64)50(73)60-41(29(3)4)49(72)56-36(52(75)76)21-23-77-7/h8-13,16-19,28-31,34-39,41-43,63-64H,14-15,20-27,53-54H2,1-7H3,(H,55,71)(H,56,72)(H,57,67)(H,58,69)(H,59,70)(H,60,73)(H,61,68)(H,62,74)(H,65,66)(H,75,76)/t30-,31-,34+,35+,36+,37+,38+,39+,41+,42+,43+/m1/s1. The summed E-state index contributed by atoms with van der Waals surface area (Å²) in [5.74, 6) is -10.7. The summed E-state index contributed by atoms with van der Waals surface area (Å²) < 4.78 is 0. The van der Waals surface area contributed by atoms with Crippen molar-refractivity contribution in [1.82, 2.24) is 42.5 Å². The van der Waals surface area contributed by atoms with E-state index in [1.54, 1.807) is 80.8 Å². The number of carboxylic acid groups (broad SMARTS) is 2. The maximum absolute atomic E-state index is 14.3. The Hall–Kier alpha value is -6.67. The van der Waals surface area contributed by atoms with Crippen LogP contribution in [0.4, 0.5) is 0 Å². The van der Waals surface area contributed by atoms with Crippen molar-refractivity contribution in [2.24, 2.45) is 23.3 Å². The molecule has 2 aromatic carbocycles. The third-order valence-corrected chi connectivity index (χ3v) is 12.7. The number of carbonyl (C=O) groups is 10. The molecule has 11 atom stereocenters. The number of nitrogens with one attached hydrogen (secondary N) is 8. The molecule has 0 saturated carbocycles. The Morgan fingerprint density at radius 1 is 0.506 bits per heavy atom. The number of rotatable bonds is 35. The third kappa shape index (κ3) is 24.0. The van der Waals surface area contributed by atoms with Crippen LogP contribution in [0.15, 0.2) is 60.7 Å². The van der Waals surface area contributed by atoms with E-state index in [1.165, 1.54) is 11.8 Å². The number of aliphatic hydroxyl groups is 2. The molecule has 8 amide bonds. The zero-order valence-corrected chi connectivity index (χ0v) is 45.6. The second-order valence-electron chi connectivity index (χ2n) is 19.6. The Labute approximate surface area is 453 Å². The van der Waals surface area contributed by atoms with E-state index in [4.69, 9.17) is 11.5 Å². The summed E-state index contributed by atoms with van der Waals surface area (Å²) in [7, 11) is 0. The molecule has 16 N–H and O–H groups in total. The molecule has 0 aliphatic carbocycles. The summed E-state index contributed by atoms with van der Waals surface area (Å²) in [4.78, 5) is 135. The molecule has 0 radical (unpaired) electrons. The number of aliphatic carboxylic acids is 2. The quantitative estimate of drug-likeness (QED) is 0.0352. The highest BCUT2D eigenvalue weighted by atomic mass is 32.2. The van der Waals surface area contributed by atoms with Crippen molar-refractivity contribution in [1.29, 1.82) is 0 Å². The highest BCUT2D eigenvalue weighted by molar-refractivity contribution is 7.98. The van der Waals surface area contributed by atoms with E-state index >= 15 is 0 Å². The zero-order valence-electron chi connectivity index (χ0n) is 44.8. The molecule has 24 nitrogen and oxygen atoms in total. The molecule has 0 aliphatic rings. The molecule has 77 heavy (non-hydrogen) atoms. The number of benzene rings is 2. The largest absolute Gasteiger partial charge is 0.481 e. The van der Waals surface area contributed by atoms with Crippen molar-refractivity contribution in [2.45, 2.75) is 159 Å². The highest BCUT2D eigenvalue weighted by Crippen LogP contribution is 2.12. The fourth-order valence-electron chi connectivity index (χ4n) is 7.81. The van der Waals surface area contributed by atoms with Gasteiger partial charge in [-0.1, -0.05) is 88.4 Å². The first-order valence-corrected chi connectivity index (χ1v) is 26.9. The van der Waals surface area contributed by atoms with Gasteiger partial charge in [-0.2, -0.15) is 11.8 Å². The number of nitrogens with two attached hydrogens (primary N) is 2. The summed E-state index contributed by atoms with van der Waals surface area (Å²) >= 11 is 1.36. The molecule has 0 heterocycles. The molecule has 0 fully saturated rings. The van der Waals surface area contributed by atoms with Gasteiger partial charge in [-0.3, -0.25) is 43.2 Å². The molecule has 428 valence electrons. The van der Waals surface area contributed by atoms with Gasteiger partial charge in [0, 0.05) is 12.8 Å². The number of aliphatic hydroxyl groups excluding tert-OH is 2. The molecule has 0 unspecified atom stereocenters. The van der Waals surface area contributed by atoms with Gasteiger partial charge in [0.15, 0.2) is 0 Å². The van der Waals surface area contributed by atoms with Crippen LogP contribution >= 0.6 is 11.8 Å². The lowest BCUT2D eigenvalue weighted by atomic mass is 10.0. The maximum atomic E-state index is 14.3. The smallest absolute Gasteiger partial charge is 0.326 e. The van der Waals surface area contributed by atoms with Gasteiger partial charge < -0.3 is 74.4 Å². The van der Waals surface area contributed by atoms with E-state index < -0.39 is 138 Å². The molecule has 0 spiro atoms. The number of unbranched alkanes of at least 4 members (excludes halogenated alkanes) is 1. The van der Waals surface area contributed by atoms with Gasteiger partial charge in [-0.05, 0) is 87.5 Å². The first-order chi connectivity index (χ1) is 36.3. The Kier molecular flexibility index (Phi) is 29.5. The number of carbonyl (C=O) groups excluding carboxylic acids is 8. The Balaban J connectivity index is 2.43. The normalized spacial score (nSPS) is 15.5. The SMILES string of the molecule is CSCC[C@H](NC(=O)[C@@H](NC(=O)[C@@H](NC(=O)[C@@H](NC(=O)[C@H](CCCCN)NC(=O)[C@H](CC(=O)O)NC(=O)[C@H](Cc1ccccc1)NC(=O)[C@H](Cc1ccccc1)NC(=O)[C@@H](N)CC(C)C)[C@@H](C)O)[C@@H](C)O)C(C)C)C(=O)O. The van der Waals surface area contributed by atoms with Gasteiger partial charge in [0.05, 0.1) is 24.7 Å². The summed E-state index contributed by atoms with van der Waals surface area (Å²) in [5, 5.41) is 60.6. The fourth-order valence-corrected chi connectivity index (χ4v) is 8.29. The second kappa shape index (κ2) is 34.2. The van der Waals surface area contributed by atoms with Crippen LogP contribution in [-0.2, 0) is 60.8 Å². The van der Waals surface area contributed by atoms with Crippen LogP contribution in [0.25, 0.3) is 0 Å². The van der Waals surface area contributed by atoms with E-state index in [0.717, 1.165) is 13.8 Å². The van der Waals surface area contributed by atoms with Crippen LogP contribution in [0.2, 0.25) is 0 Å². The Morgan fingerprint density at radius 2 is 0.909 bits per heavy atom. The lowest BCUT2D eigenvalue weighted by Crippen LogP contribution is -2.63. The fraction of sp³-hybridized carbons (Fsp3) is 0.577. The van der Waals surface area contributed by atoms with Crippen LogP contribution in [0, 0.1) is 11.8 Å². The number of carboxylic acids is 2. The maximum Gasteiger partial charge on any atom is 0.326 e. The Bertz CT molecular complexity index is 2260. The second-order valence-corrected chi connectivity index (χ2v) is 20.6. The number of amides is 8. The lowest BCUT2D eigenvalue weighted by molar-refractivity contribution is -0.143. The molecule has 0 bridgehead atoms. The third-order valence-electron chi connectivity index (χ3n) is 12.1. The van der Waals surface area contributed by atoms with Gasteiger partial charge in [0.1, 0.15) is 48.3 Å². The minimum Gasteiger partial charge on any atom is -0.481 e. The molecule has 0 saturated heterocycles. The summed E-state index contributed by atoms with van der Waals surface area (Å²) in [6.45, 7) is 9.34. The minimum absolute atomic E-state index is 0.00625. The van der Waals surface area contributed by atoms with E-state index in [2.05, 4.69) is 42.5 Å². The molecule has 0 aromatic heterocycles. The zero-order chi connectivity index (χ0) is 57.9.